The number of carbonyl (C=O) groups is 1. The Hall–Kier alpha value is -2.72. The number of nitrogens with one attached hydrogen (secondary N) is 1. The van der Waals surface area contributed by atoms with Crippen LogP contribution in [0.3, 0.4) is 0 Å². The van der Waals surface area contributed by atoms with Crippen LogP contribution in [0.2, 0.25) is 0 Å². The molecule has 1 aliphatic heterocycles. The minimum atomic E-state index is -3.86. The molecule has 1 aliphatic rings. The molecule has 176 valence electrons. The standard InChI is InChI=1S/C23H27N3O5S2/c1-15-7-6-8-16(2)26(15)22(27)14-32-23-24-19-13-17(11-12-21(19)31-23)33(28,29)25-18-9-4-5-10-20(18)30-3/h4-5,9-13,15-16,25H,6-8,14H2,1-3H3. The van der Waals surface area contributed by atoms with Gasteiger partial charge in [0.05, 0.1) is 23.4 Å². The summed E-state index contributed by atoms with van der Waals surface area (Å²) in [5.74, 6) is 0.706. The number of benzene rings is 2. The Morgan fingerprint density at radius 3 is 2.67 bits per heavy atom. The van der Waals surface area contributed by atoms with Crippen molar-refractivity contribution in [3.8, 4) is 5.75 Å². The third kappa shape index (κ3) is 5.11. The minimum absolute atomic E-state index is 0.0535. The lowest BCUT2D eigenvalue weighted by Gasteiger charge is -2.39. The topological polar surface area (TPSA) is 102 Å². The minimum Gasteiger partial charge on any atom is -0.495 e. The third-order valence-corrected chi connectivity index (χ3v) is 7.98. The molecule has 1 saturated heterocycles. The van der Waals surface area contributed by atoms with Gasteiger partial charge in [0.2, 0.25) is 5.91 Å². The van der Waals surface area contributed by atoms with Crippen LogP contribution in [0.25, 0.3) is 11.1 Å². The number of ether oxygens (including phenoxy) is 1. The first kappa shape index (κ1) is 23.4. The summed E-state index contributed by atoms with van der Waals surface area (Å²) in [4.78, 5) is 19.2. The average Bonchev–Trinajstić information content (AvgIpc) is 3.20. The van der Waals surface area contributed by atoms with E-state index in [2.05, 4.69) is 23.6 Å². The Morgan fingerprint density at radius 1 is 1.21 bits per heavy atom. The Labute approximate surface area is 197 Å². The number of anilines is 1. The molecule has 2 unspecified atom stereocenters. The number of fused-ring (bicyclic) bond motifs is 1. The van der Waals surface area contributed by atoms with E-state index in [0.29, 0.717) is 27.8 Å². The van der Waals surface area contributed by atoms with Gasteiger partial charge >= 0.3 is 0 Å². The lowest BCUT2D eigenvalue weighted by atomic mass is 9.98. The van der Waals surface area contributed by atoms with E-state index in [0.717, 1.165) is 19.3 Å². The smallest absolute Gasteiger partial charge is 0.262 e. The average molecular weight is 490 g/mol. The molecule has 4 rings (SSSR count). The number of sulfonamides is 1. The van der Waals surface area contributed by atoms with Crippen molar-refractivity contribution in [1.29, 1.82) is 0 Å². The van der Waals surface area contributed by atoms with Crippen LogP contribution in [0, 0.1) is 0 Å². The number of carbonyl (C=O) groups excluding carboxylic acids is 1. The highest BCUT2D eigenvalue weighted by Gasteiger charge is 2.29. The normalized spacial score (nSPS) is 18.9. The monoisotopic (exact) mass is 489 g/mol. The molecule has 2 aromatic carbocycles. The number of amides is 1. The van der Waals surface area contributed by atoms with E-state index in [1.165, 1.54) is 31.0 Å². The summed E-state index contributed by atoms with van der Waals surface area (Å²) >= 11 is 1.22. The van der Waals surface area contributed by atoms with Crippen LogP contribution in [0.5, 0.6) is 5.75 Å². The van der Waals surface area contributed by atoms with E-state index in [-0.39, 0.29) is 28.6 Å². The van der Waals surface area contributed by atoms with Crippen molar-refractivity contribution in [3.63, 3.8) is 0 Å². The molecule has 0 radical (unpaired) electrons. The quantitative estimate of drug-likeness (QED) is 0.487. The molecule has 1 aromatic heterocycles. The number of thioether (sulfide) groups is 1. The van der Waals surface area contributed by atoms with Gasteiger partial charge in [0.25, 0.3) is 15.2 Å². The Kier molecular flexibility index (Phi) is 6.85. The molecule has 2 atom stereocenters. The predicted molar refractivity (Wildman–Crippen MR) is 128 cm³/mol. The predicted octanol–water partition coefficient (Wildman–Crippen LogP) is 4.52. The summed E-state index contributed by atoms with van der Waals surface area (Å²) in [6.45, 7) is 4.16. The van der Waals surface area contributed by atoms with Crippen LogP contribution < -0.4 is 9.46 Å². The van der Waals surface area contributed by atoms with E-state index in [9.17, 15) is 13.2 Å². The van der Waals surface area contributed by atoms with Crippen molar-refractivity contribution in [3.05, 3.63) is 42.5 Å². The van der Waals surface area contributed by atoms with Gasteiger partial charge in [0.15, 0.2) is 5.58 Å². The largest absolute Gasteiger partial charge is 0.495 e. The van der Waals surface area contributed by atoms with Crippen molar-refractivity contribution in [1.82, 2.24) is 9.88 Å². The second kappa shape index (κ2) is 9.64. The van der Waals surface area contributed by atoms with Gasteiger partial charge in [-0.1, -0.05) is 23.9 Å². The highest BCUT2D eigenvalue weighted by molar-refractivity contribution is 7.99. The van der Waals surface area contributed by atoms with Crippen LogP contribution in [0.15, 0.2) is 57.0 Å². The second-order valence-electron chi connectivity index (χ2n) is 8.13. The third-order valence-electron chi connectivity index (χ3n) is 5.80. The molecular weight excluding hydrogens is 462 g/mol. The number of hydrogen-bond donors (Lipinski definition) is 1. The van der Waals surface area contributed by atoms with Gasteiger partial charge in [-0.15, -0.1) is 0 Å². The lowest BCUT2D eigenvalue weighted by Crippen LogP contribution is -2.48. The van der Waals surface area contributed by atoms with Gasteiger partial charge in [0, 0.05) is 12.1 Å². The van der Waals surface area contributed by atoms with Gasteiger partial charge in [-0.25, -0.2) is 13.4 Å². The van der Waals surface area contributed by atoms with Gasteiger partial charge in [-0.3, -0.25) is 9.52 Å². The molecule has 1 amide bonds. The Morgan fingerprint density at radius 2 is 1.94 bits per heavy atom. The Bertz CT molecular complexity index is 1250. The van der Waals surface area contributed by atoms with Crippen molar-refractivity contribution in [2.24, 2.45) is 0 Å². The summed E-state index contributed by atoms with van der Waals surface area (Å²) in [6.07, 6.45) is 3.18. The molecule has 1 N–H and O–H groups in total. The number of methoxy groups -OCH3 is 1. The zero-order valence-electron chi connectivity index (χ0n) is 18.8. The maximum atomic E-state index is 12.9. The summed E-state index contributed by atoms with van der Waals surface area (Å²) in [7, 11) is -2.38. The number of oxazole rings is 1. The molecule has 1 fully saturated rings. The Balaban J connectivity index is 1.48. The SMILES string of the molecule is COc1ccccc1NS(=O)(=O)c1ccc2oc(SCC(=O)N3C(C)CCCC3C)nc2c1. The molecule has 2 heterocycles. The van der Waals surface area contributed by atoms with Gasteiger partial charge in [-0.2, -0.15) is 0 Å². The van der Waals surface area contributed by atoms with Crippen LogP contribution >= 0.6 is 11.8 Å². The van der Waals surface area contributed by atoms with Crippen molar-refractivity contribution < 1.29 is 22.4 Å². The molecule has 10 heteroatoms. The molecule has 0 bridgehead atoms. The van der Waals surface area contributed by atoms with Crippen LogP contribution in [0.1, 0.15) is 33.1 Å². The zero-order valence-corrected chi connectivity index (χ0v) is 20.4. The van der Waals surface area contributed by atoms with E-state index in [1.54, 1.807) is 30.3 Å². The van der Waals surface area contributed by atoms with Crippen LogP contribution in [-0.2, 0) is 14.8 Å². The first-order chi connectivity index (χ1) is 15.8. The van der Waals surface area contributed by atoms with Crippen LogP contribution in [-0.4, -0.2) is 49.2 Å². The van der Waals surface area contributed by atoms with Crippen molar-refractivity contribution in [2.75, 3.05) is 17.6 Å². The van der Waals surface area contributed by atoms with Gasteiger partial charge in [0.1, 0.15) is 11.3 Å². The van der Waals surface area contributed by atoms with Gasteiger partial charge < -0.3 is 14.1 Å². The lowest BCUT2D eigenvalue weighted by molar-refractivity contribution is -0.134. The van der Waals surface area contributed by atoms with Crippen molar-refractivity contribution in [2.45, 2.75) is 55.3 Å². The summed E-state index contributed by atoms with van der Waals surface area (Å²) in [5.41, 5.74) is 1.21. The first-order valence-electron chi connectivity index (χ1n) is 10.8. The second-order valence-corrected chi connectivity index (χ2v) is 10.7. The van der Waals surface area contributed by atoms with E-state index < -0.39 is 10.0 Å². The number of para-hydroxylation sites is 2. The molecule has 0 aliphatic carbocycles. The number of nitrogens with zero attached hydrogens (tertiary/aromatic N) is 2. The maximum Gasteiger partial charge on any atom is 0.262 e. The fourth-order valence-electron chi connectivity index (χ4n) is 4.16. The highest BCUT2D eigenvalue weighted by atomic mass is 32.2. The fourth-order valence-corrected chi connectivity index (χ4v) is 5.96. The molecular formula is C23H27N3O5S2. The molecule has 3 aromatic rings. The summed E-state index contributed by atoms with van der Waals surface area (Å²) in [6, 6.07) is 11.7. The summed E-state index contributed by atoms with van der Waals surface area (Å²) < 4.78 is 39.3. The van der Waals surface area contributed by atoms with E-state index in [4.69, 9.17) is 9.15 Å². The molecule has 33 heavy (non-hydrogen) atoms. The fraction of sp³-hybridized carbons (Fsp3) is 0.391. The summed E-state index contributed by atoms with van der Waals surface area (Å²) in [5, 5.41) is 0.336. The number of piperidine rings is 1. The molecule has 0 spiro atoms. The maximum absolute atomic E-state index is 12.9. The number of hydrogen-bond acceptors (Lipinski definition) is 7. The molecule has 8 nitrogen and oxygen atoms in total. The first-order valence-corrected chi connectivity index (χ1v) is 13.3. The van der Waals surface area contributed by atoms with E-state index >= 15 is 0 Å². The number of likely N-dealkylation sites (tertiary alicyclic amines) is 1. The number of aromatic nitrogens is 1. The van der Waals surface area contributed by atoms with Crippen LogP contribution in [0.4, 0.5) is 5.69 Å². The number of rotatable bonds is 7. The zero-order chi connectivity index (χ0) is 23.6. The van der Waals surface area contributed by atoms with E-state index in [1.807, 2.05) is 4.90 Å². The highest BCUT2D eigenvalue weighted by Crippen LogP contribution is 2.30. The van der Waals surface area contributed by atoms with Gasteiger partial charge in [-0.05, 0) is 63.4 Å². The molecule has 0 saturated carbocycles. The van der Waals surface area contributed by atoms with Crippen molar-refractivity contribution >= 4 is 44.5 Å².